The van der Waals surface area contributed by atoms with Crippen LogP contribution in [0.4, 0.5) is 5.69 Å². The van der Waals surface area contributed by atoms with Crippen LogP contribution in [0.15, 0.2) is 46.9 Å². The van der Waals surface area contributed by atoms with E-state index in [9.17, 15) is 4.79 Å². The van der Waals surface area contributed by atoms with Crippen LogP contribution in [0, 0.1) is 6.92 Å². The number of amides is 1. The predicted octanol–water partition coefficient (Wildman–Crippen LogP) is 4.14. The molecule has 3 rings (SSSR count). The summed E-state index contributed by atoms with van der Waals surface area (Å²) in [6.07, 6.45) is 1.60. The van der Waals surface area contributed by atoms with Crippen LogP contribution in [-0.4, -0.2) is 23.9 Å². The molecule has 0 bridgehead atoms. The van der Waals surface area contributed by atoms with E-state index in [2.05, 4.69) is 50.4 Å². The van der Waals surface area contributed by atoms with Crippen molar-refractivity contribution in [3.05, 3.63) is 63.6 Å². The molecule has 0 unspecified atom stereocenters. The van der Waals surface area contributed by atoms with Gasteiger partial charge in [0, 0.05) is 36.2 Å². The molecule has 4 heteroatoms. The SMILES string of the molecule is Cc1cc(NC(=O)CCN2CCc3ccccc3C2)ccc1Br. The van der Waals surface area contributed by atoms with E-state index in [-0.39, 0.29) is 5.91 Å². The molecule has 1 N–H and O–H groups in total. The van der Waals surface area contributed by atoms with E-state index in [0.717, 1.165) is 41.8 Å². The second kappa shape index (κ2) is 7.28. The number of fused-ring (bicyclic) bond motifs is 1. The maximum Gasteiger partial charge on any atom is 0.225 e. The van der Waals surface area contributed by atoms with Gasteiger partial charge in [0.15, 0.2) is 0 Å². The Kier molecular flexibility index (Phi) is 5.13. The summed E-state index contributed by atoms with van der Waals surface area (Å²) < 4.78 is 1.06. The fourth-order valence-corrected chi connectivity index (χ4v) is 3.20. The molecule has 0 aromatic heterocycles. The van der Waals surface area contributed by atoms with Crippen molar-refractivity contribution in [3.8, 4) is 0 Å². The number of aryl methyl sites for hydroxylation is 1. The first kappa shape index (κ1) is 16.2. The minimum absolute atomic E-state index is 0.0746. The fourth-order valence-electron chi connectivity index (χ4n) is 2.95. The van der Waals surface area contributed by atoms with Crippen LogP contribution < -0.4 is 5.32 Å². The number of anilines is 1. The third-order valence-electron chi connectivity index (χ3n) is 4.31. The minimum atomic E-state index is 0.0746. The first-order chi connectivity index (χ1) is 11.1. The average Bonchev–Trinajstić information content (AvgIpc) is 2.56. The number of halogens is 1. The van der Waals surface area contributed by atoms with Crippen molar-refractivity contribution >= 4 is 27.5 Å². The Morgan fingerprint density at radius 1 is 1.22 bits per heavy atom. The van der Waals surface area contributed by atoms with Crippen LogP contribution >= 0.6 is 15.9 Å². The number of nitrogens with one attached hydrogen (secondary N) is 1. The van der Waals surface area contributed by atoms with E-state index in [1.165, 1.54) is 11.1 Å². The standard InChI is InChI=1S/C19H21BrN2O/c1-14-12-17(6-7-18(14)20)21-19(23)9-11-22-10-8-15-4-2-3-5-16(15)13-22/h2-7,12H,8-11,13H2,1H3,(H,21,23). The number of carbonyl (C=O) groups is 1. The van der Waals surface area contributed by atoms with Gasteiger partial charge >= 0.3 is 0 Å². The lowest BCUT2D eigenvalue weighted by Gasteiger charge is -2.28. The molecule has 0 saturated heterocycles. The van der Waals surface area contributed by atoms with E-state index >= 15 is 0 Å². The van der Waals surface area contributed by atoms with E-state index in [1.54, 1.807) is 0 Å². The molecule has 1 aliphatic heterocycles. The zero-order valence-electron chi connectivity index (χ0n) is 13.3. The summed E-state index contributed by atoms with van der Waals surface area (Å²) in [6, 6.07) is 14.5. The summed E-state index contributed by atoms with van der Waals surface area (Å²) in [7, 11) is 0. The van der Waals surface area contributed by atoms with Crippen molar-refractivity contribution in [1.82, 2.24) is 4.90 Å². The summed E-state index contributed by atoms with van der Waals surface area (Å²) in [5, 5.41) is 2.98. The first-order valence-electron chi connectivity index (χ1n) is 7.97. The molecule has 120 valence electrons. The maximum absolute atomic E-state index is 12.1. The molecule has 0 fully saturated rings. The third kappa shape index (κ3) is 4.21. The number of nitrogens with zero attached hydrogens (tertiary/aromatic N) is 1. The predicted molar refractivity (Wildman–Crippen MR) is 97.5 cm³/mol. The van der Waals surface area contributed by atoms with Crippen LogP contribution in [0.1, 0.15) is 23.1 Å². The molecular formula is C19H21BrN2O. The molecule has 0 spiro atoms. The highest BCUT2D eigenvalue weighted by molar-refractivity contribution is 9.10. The zero-order valence-corrected chi connectivity index (χ0v) is 14.9. The van der Waals surface area contributed by atoms with Gasteiger partial charge in [-0.25, -0.2) is 0 Å². The molecule has 3 nitrogen and oxygen atoms in total. The molecule has 0 saturated carbocycles. The molecule has 1 amide bonds. The van der Waals surface area contributed by atoms with Crippen molar-refractivity contribution in [2.75, 3.05) is 18.4 Å². The quantitative estimate of drug-likeness (QED) is 0.874. The van der Waals surface area contributed by atoms with Gasteiger partial charge in [0.1, 0.15) is 0 Å². The molecule has 2 aromatic carbocycles. The summed E-state index contributed by atoms with van der Waals surface area (Å²) >= 11 is 3.47. The Hall–Kier alpha value is -1.65. The topological polar surface area (TPSA) is 32.3 Å². The van der Waals surface area contributed by atoms with Gasteiger partial charge in [-0.1, -0.05) is 40.2 Å². The van der Waals surface area contributed by atoms with Gasteiger partial charge < -0.3 is 5.32 Å². The van der Waals surface area contributed by atoms with Crippen molar-refractivity contribution in [1.29, 1.82) is 0 Å². The Balaban J connectivity index is 1.51. The monoisotopic (exact) mass is 372 g/mol. The maximum atomic E-state index is 12.1. The second-order valence-electron chi connectivity index (χ2n) is 6.06. The second-order valence-corrected chi connectivity index (χ2v) is 6.91. The van der Waals surface area contributed by atoms with E-state index in [1.807, 2.05) is 25.1 Å². The Bertz CT molecular complexity index is 714. The molecule has 0 atom stereocenters. The van der Waals surface area contributed by atoms with Gasteiger partial charge in [0.2, 0.25) is 5.91 Å². The van der Waals surface area contributed by atoms with Crippen molar-refractivity contribution in [2.24, 2.45) is 0 Å². The molecule has 1 heterocycles. The van der Waals surface area contributed by atoms with Gasteiger partial charge in [-0.2, -0.15) is 0 Å². The largest absolute Gasteiger partial charge is 0.326 e. The number of hydrogen-bond acceptors (Lipinski definition) is 2. The highest BCUT2D eigenvalue weighted by Crippen LogP contribution is 2.21. The van der Waals surface area contributed by atoms with Crippen LogP contribution in [-0.2, 0) is 17.8 Å². The number of carbonyl (C=O) groups excluding carboxylic acids is 1. The molecule has 0 radical (unpaired) electrons. The first-order valence-corrected chi connectivity index (χ1v) is 8.76. The van der Waals surface area contributed by atoms with Gasteiger partial charge in [-0.15, -0.1) is 0 Å². The lowest BCUT2D eigenvalue weighted by atomic mass is 10.00. The smallest absolute Gasteiger partial charge is 0.225 e. The van der Waals surface area contributed by atoms with Crippen molar-refractivity contribution in [2.45, 2.75) is 26.3 Å². The molecule has 1 aliphatic rings. The van der Waals surface area contributed by atoms with Gasteiger partial charge in [-0.3, -0.25) is 9.69 Å². The minimum Gasteiger partial charge on any atom is -0.326 e. The van der Waals surface area contributed by atoms with E-state index in [4.69, 9.17) is 0 Å². The van der Waals surface area contributed by atoms with Gasteiger partial charge in [0.05, 0.1) is 0 Å². The van der Waals surface area contributed by atoms with Crippen LogP contribution in [0.3, 0.4) is 0 Å². The van der Waals surface area contributed by atoms with E-state index < -0.39 is 0 Å². The lowest BCUT2D eigenvalue weighted by molar-refractivity contribution is -0.116. The summed E-state index contributed by atoms with van der Waals surface area (Å²) in [6.45, 7) is 4.79. The van der Waals surface area contributed by atoms with Crippen LogP contribution in [0.25, 0.3) is 0 Å². The molecule has 23 heavy (non-hydrogen) atoms. The third-order valence-corrected chi connectivity index (χ3v) is 5.20. The Morgan fingerprint density at radius 3 is 2.78 bits per heavy atom. The summed E-state index contributed by atoms with van der Waals surface area (Å²) in [5.74, 6) is 0.0746. The van der Waals surface area contributed by atoms with Crippen molar-refractivity contribution in [3.63, 3.8) is 0 Å². The number of hydrogen-bond donors (Lipinski definition) is 1. The lowest BCUT2D eigenvalue weighted by Crippen LogP contribution is -2.33. The van der Waals surface area contributed by atoms with E-state index in [0.29, 0.717) is 6.42 Å². The Morgan fingerprint density at radius 2 is 2.00 bits per heavy atom. The highest BCUT2D eigenvalue weighted by atomic mass is 79.9. The summed E-state index contributed by atoms with van der Waals surface area (Å²) in [5.41, 5.74) is 4.82. The normalized spacial score (nSPS) is 14.3. The van der Waals surface area contributed by atoms with Crippen LogP contribution in [0.2, 0.25) is 0 Å². The molecular weight excluding hydrogens is 352 g/mol. The molecule has 0 aliphatic carbocycles. The highest BCUT2D eigenvalue weighted by Gasteiger charge is 2.16. The Labute approximate surface area is 145 Å². The number of benzene rings is 2. The zero-order chi connectivity index (χ0) is 16.2. The van der Waals surface area contributed by atoms with Gasteiger partial charge in [-0.05, 0) is 48.2 Å². The fraction of sp³-hybridized carbons (Fsp3) is 0.316. The van der Waals surface area contributed by atoms with Crippen molar-refractivity contribution < 1.29 is 4.79 Å². The molecule has 2 aromatic rings. The summed E-state index contributed by atoms with van der Waals surface area (Å²) in [4.78, 5) is 14.5. The van der Waals surface area contributed by atoms with Gasteiger partial charge in [0.25, 0.3) is 0 Å². The number of rotatable bonds is 4. The average molecular weight is 373 g/mol. The van der Waals surface area contributed by atoms with Crippen LogP contribution in [0.5, 0.6) is 0 Å².